The van der Waals surface area contributed by atoms with E-state index in [1.54, 1.807) is 60.3 Å². The summed E-state index contributed by atoms with van der Waals surface area (Å²) in [7, 11) is 1.75. The summed E-state index contributed by atoms with van der Waals surface area (Å²) in [5.41, 5.74) is 9.49. The van der Waals surface area contributed by atoms with Gasteiger partial charge in [-0.2, -0.15) is 5.10 Å². The number of rotatable bonds is 7. The lowest BCUT2D eigenvalue weighted by Gasteiger charge is -2.14. The number of benzene rings is 2. The van der Waals surface area contributed by atoms with Crippen molar-refractivity contribution >= 4 is 29.0 Å². The molecule has 176 valence electrons. The summed E-state index contributed by atoms with van der Waals surface area (Å²) in [6.07, 6.45) is 10.3. The zero-order chi connectivity index (χ0) is 24.8. The van der Waals surface area contributed by atoms with Crippen molar-refractivity contribution in [2.45, 2.75) is 12.8 Å². The topological polar surface area (TPSA) is 111 Å². The van der Waals surface area contributed by atoms with Crippen LogP contribution in [-0.4, -0.2) is 28.2 Å². The molecule has 2 aromatic carbocycles. The van der Waals surface area contributed by atoms with Crippen LogP contribution in [0.15, 0.2) is 78.1 Å². The van der Waals surface area contributed by atoms with Gasteiger partial charge in [-0.1, -0.05) is 24.1 Å². The van der Waals surface area contributed by atoms with Crippen molar-refractivity contribution in [2.75, 3.05) is 23.0 Å². The third-order valence-corrected chi connectivity index (χ3v) is 5.41. The first-order valence-corrected chi connectivity index (χ1v) is 11.0. The average Bonchev–Trinajstić information content (AvgIpc) is 3.23. The molecule has 0 saturated carbocycles. The lowest BCUT2D eigenvalue weighted by atomic mass is 10.0. The molecule has 4 rings (SSSR count). The highest BCUT2D eigenvalue weighted by atomic mass is 16.5. The van der Waals surface area contributed by atoms with Crippen LogP contribution >= 0.6 is 0 Å². The lowest BCUT2D eigenvalue weighted by Crippen LogP contribution is -2.15. The minimum Gasteiger partial charge on any atom is -0.485 e. The van der Waals surface area contributed by atoms with E-state index in [-0.39, 0.29) is 18.4 Å². The fourth-order valence-electron chi connectivity index (χ4n) is 3.56. The summed E-state index contributed by atoms with van der Waals surface area (Å²) in [6.45, 7) is 0.183. The maximum atomic E-state index is 12.6. The van der Waals surface area contributed by atoms with Gasteiger partial charge in [0.25, 0.3) is 11.8 Å². The van der Waals surface area contributed by atoms with Crippen LogP contribution in [0.2, 0.25) is 0 Å². The molecule has 4 N–H and O–H groups in total. The number of terminal acetylenes is 1. The number of hydrogen-bond donors (Lipinski definition) is 3. The Morgan fingerprint density at radius 3 is 2.57 bits per heavy atom. The molecule has 1 heterocycles. The maximum absolute atomic E-state index is 12.6. The number of aryl methyl sites for hydroxylation is 1. The average molecular weight is 468 g/mol. The molecule has 2 amide bonds. The quantitative estimate of drug-likeness (QED) is 0.358. The van der Waals surface area contributed by atoms with Crippen LogP contribution in [-0.2, 0) is 16.6 Å². The summed E-state index contributed by atoms with van der Waals surface area (Å²) in [6, 6.07) is 15.8. The highest BCUT2D eigenvalue weighted by molar-refractivity contribution is 6.06. The molecule has 35 heavy (non-hydrogen) atoms. The van der Waals surface area contributed by atoms with Crippen LogP contribution in [0, 0.1) is 12.3 Å². The van der Waals surface area contributed by atoms with Gasteiger partial charge in [-0.3, -0.25) is 14.3 Å². The van der Waals surface area contributed by atoms with E-state index in [0.29, 0.717) is 39.8 Å². The van der Waals surface area contributed by atoms with Gasteiger partial charge in [0.1, 0.15) is 12.4 Å². The van der Waals surface area contributed by atoms with E-state index in [4.69, 9.17) is 16.9 Å². The second-order valence-electron chi connectivity index (χ2n) is 7.95. The van der Waals surface area contributed by atoms with E-state index in [1.165, 1.54) is 0 Å². The number of ether oxygens (including phenoxy) is 1. The number of aromatic nitrogens is 2. The van der Waals surface area contributed by atoms with Crippen LogP contribution in [0.3, 0.4) is 0 Å². The minimum absolute atomic E-state index is 0.183. The van der Waals surface area contributed by atoms with Crippen molar-refractivity contribution in [3.63, 3.8) is 0 Å². The van der Waals surface area contributed by atoms with Crippen molar-refractivity contribution in [2.24, 2.45) is 7.05 Å². The molecule has 0 aliphatic heterocycles. The first-order valence-electron chi connectivity index (χ1n) is 11.0. The Morgan fingerprint density at radius 2 is 1.86 bits per heavy atom. The van der Waals surface area contributed by atoms with Gasteiger partial charge in [0, 0.05) is 47.6 Å². The van der Waals surface area contributed by atoms with Gasteiger partial charge in [-0.25, -0.2) is 0 Å². The number of carbonyl (C=O) groups excluding carboxylic acids is 2. The smallest absolute Gasteiger partial charge is 0.256 e. The van der Waals surface area contributed by atoms with Crippen LogP contribution in [0.4, 0.5) is 17.2 Å². The Hall–Kier alpha value is -4.77. The predicted molar refractivity (Wildman–Crippen MR) is 136 cm³/mol. The largest absolute Gasteiger partial charge is 0.485 e. The molecule has 0 unspecified atom stereocenters. The number of nitrogens with zero attached hydrogens (tertiary/aromatic N) is 2. The van der Waals surface area contributed by atoms with Crippen molar-refractivity contribution in [3.8, 4) is 23.6 Å². The van der Waals surface area contributed by atoms with E-state index in [9.17, 15) is 9.59 Å². The number of hydrogen-bond acceptors (Lipinski definition) is 5. The number of amides is 2. The Bertz CT molecular complexity index is 1340. The van der Waals surface area contributed by atoms with Crippen molar-refractivity contribution in [1.29, 1.82) is 0 Å². The van der Waals surface area contributed by atoms with Gasteiger partial charge in [0.2, 0.25) is 0 Å². The van der Waals surface area contributed by atoms with Crippen LogP contribution < -0.4 is 16.4 Å². The summed E-state index contributed by atoms with van der Waals surface area (Å²) in [4.78, 5) is 25.2. The fourth-order valence-corrected chi connectivity index (χ4v) is 3.56. The number of nitrogens with two attached hydrogens (primary N) is 1. The predicted octanol–water partition coefficient (Wildman–Crippen LogP) is 4.11. The van der Waals surface area contributed by atoms with Crippen molar-refractivity contribution < 1.29 is 14.3 Å². The van der Waals surface area contributed by atoms with E-state index in [2.05, 4.69) is 21.7 Å². The number of carbonyl (C=O) groups is 2. The fraction of sp³-hybridized carbons (Fsp3) is 0.148. The first kappa shape index (κ1) is 23.4. The molecular weight excluding hydrogens is 442 g/mol. The number of anilines is 3. The molecule has 0 fully saturated rings. The highest BCUT2D eigenvalue weighted by Crippen LogP contribution is 2.25. The molecule has 1 aliphatic rings. The highest BCUT2D eigenvalue weighted by Gasteiger charge is 2.15. The maximum Gasteiger partial charge on any atom is 0.256 e. The Morgan fingerprint density at radius 1 is 1.11 bits per heavy atom. The molecule has 8 nitrogen and oxygen atoms in total. The third kappa shape index (κ3) is 5.78. The number of nitrogens with one attached hydrogen (secondary N) is 2. The minimum atomic E-state index is -0.253. The van der Waals surface area contributed by atoms with Crippen LogP contribution in [0.25, 0.3) is 11.3 Å². The molecule has 0 radical (unpaired) electrons. The third-order valence-electron chi connectivity index (χ3n) is 5.41. The van der Waals surface area contributed by atoms with Crippen LogP contribution in [0.5, 0.6) is 0 Å². The standard InChI is InChI=1S/C27H25N5O3/c1-3-15-35-23-6-4-5-20(16-23)27(34)29-22-13-9-18(10-14-22)24-17-25(32(2)31-24)30-26(33)19-7-11-21(28)12-8-19/h1,5,7-14,16-17H,4,6,15,28H2,2H3,(H,29,34)(H,30,33). The second-order valence-corrected chi connectivity index (χ2v) is 7.95. The molecule has 0 atom stereocenters. The summed E-state index contributed by atoms with van der Waals surface area (Å²) >= 11 is 0. The molecule has 1 aromatic heterocycles. The van der Waals surface area contributed by atoms with E-state index in [0.717, 1.165) is 18.4 Å². The molecule has 0 spiro atoms. The summed E-state index contributed by atoms with van der Waals surface area (Å²) < 4.78 is 7.06. The Labute approximate surface area is 203 Å². The first-order chi connectivity index (χ1) is 16.9. The SMILES string of the molecule is C#CCOC1=CC(C(=O)Nc2ccc(-c3cc(NC(=O)c4ccc(N)cc4)n(C)n3)cc2)=CCC1. The van der Waals surface area contributed by atoms with Gasteiger partial charge in [-0.15, -0.1) is 6.42 Å². The van der Waals surface area contributed by atoms with Gasteiger partial charge in [-0.05, 0) is 48.9 Å². The summed E-state index contributed by atoms with van der Waals surface area (Å²) in [5, 5.41) is 10.2. The van der Waals surface area contributed by atoms with Gasteiger partial charge in [0.05, 0.1) is 11.5 Å². The molecule has 0 saturated heterocycles. The van der Waals surface area contributed by atoms with E-state index < -0.39 is 0 Å². The Kier molecular flexibility index (Phi) is 6.98. The Balaban J connectivity index is 1.41. The van der Waals surface area contributed by atoms with E-state index >= 15 is 0 Å². The molecule has 1 aliphatic carbocycles. The van der Waals surface area contributed by atoms with Gasteiger partial charge < -0.3 is 21.1 Å². The normalized spacial score (nSPS) is 12.7. The van der Waals surface area contributed by atoms with E-state index in [1.807, 2.05) is 18.2 Å². The zero-order valence-corrected chi connectivity index (χ0v) is 19.2. The number of nitrogen functional groups attached to an aromatic ring is 1. The van der Waals surface area contributed by atoms with Crippen molar-refractivity contribution in [3.05, 3.63) is 83.6 Å². The van der Waals surface area contributed by atoms with Gasteiger partial charge in [0.15, 0.2) is 0 Å². The van der Waals surface area contributed by atoms with Crippen molar-refractivity contribution in [1.82, 2.24) is 9.78 Å². The zero-order valence-electron chi connectivity index (χ0n) is 19.2. The molecular formula is C27H25N5O3. The lowest BCUT2D eigenvalue weighted by molar-refractivity contribution is -0.112. The second kappa shape index (κ2) is 10.4. The monoisotopic (exact) mass is 467 g/mol. The molecule has 8 heteroatoms. The number of allylic oxidation sites excluding steroid dienone is 2. The molecule has 0 bridgehead atoms. The van der Waals surface area contributed by atoms with Gasteiger partial charge >= 0.3 is 0 Å². The van der Waals surface area contributed by atoms with Crippen LogP contribution in [0.1, 0.15) is 23.2 Å². The molecule has 3 aromatic rings. The summed E-state index contributed by atoms with van der Waals surface area (Å²) in [5.74, 6) is 3.22.